The number of hydrogen-bond donors (Lipinski definition) is 0. The van der Waals surface area contributed by atoms with Gasteiger partial charge in [-0.05, 0) is 70.6 Å². The molecule has 10 heteroatoms. The van der Waals surface area contributed by atoms with Crippen molar-refractivity contribution in [1.82, 2.24) is 0 Å². The molecule has 328 valence electrons. The molecule has 0 amide bonds. The van der Waals surface area contributed by atoms with E-state index in [1.807, 2.05) is 21.1 Å². The summed E-state index contributed by atoms with van der Waals surface area (Å²) in [6.45, 7) is 4.18. The molecular formula is C46H86NO8P. The molecule has 0 bridgehead atoms. The Balaban J connectivity index is 4.33. The van der Waals surface area contributed by atoms with Crippen LogP contribution in [0.4, 0.5) is 0 Å². The van der Waals surface area contributed by atoms with Crippen LogP contribution in [0.25, 0.3) is 0 Å². The van der Waals surface area contributed by atoms with Crippen molar-refractivity contribution in [2.45, 2.75) is 200 Å². The van der Waals surface area contributed by atoms with Crippen molar-refractivity contribution in [2.24, 2.45) is 0 Å². The molecule has 0 saturated carbocycles. The fourth-order valence-corrected chi connectivity index (χ4v) is 6.76. The highest BCUT2D eigenvalue weighted by Gasteiger charge is 2.21. The number of phosphoric ester groups is 1. The molecular weight excluding hydrogens is 725 g/mol. The predicted molar refractivity (Wildman–Crippen MR) is 231 cm³/mol. The van der Waals surface area contributed by atoms with Crippen molar-refractivity contribution < 1.29 is 42.1 Å². The van der Waals surface area contributed by atoms with Gasteiger partial charge in [0.2, 0.25) is 0 Å². The fourth-order valence-electron chi connectivity index (χ4n) is 6.03. The van der Waals surface area contributed by atoms with Crippen LogP contribution in [0.2, 0.25) is 0 Å². The Bertz CT molecular complexity index is 1050. The van der Waals surface area contributed by atoms with Gasteiger partial charge in [0.05, 0.1) is 27.7 Å². The van der Waals surface area contributed by atoms with Crippen molar-refractivity contribution in [1.29, 1.82) is 0 Å². The second kappa shape index (κ2) is 38.7. The molecule has 9 nitrogen and oxygen atoms in total. The normalized spacial score (nSPS) is 13.9. The lowest BCUT2D eigenvalue weighted by Gasteiger charge is -2.28. The molecule has 0 spiro atoms. The van der Waals surface area contributed by atoms with E-state index in [1.54, 1.807) is 0 Å². The molecule has 0 fully saturated rings. The first-order chi connectivity index (χ1) is 27.0. The summed E-state index contributed by atoms with van der Waals surface area (Å²) >= 11 is 0. The molecule has 1 unspecified atom stereocenters. The van der Waals surface area contributed by atoms with Crippen LogP contribution in [0.3, 0.4) is 0 Å². The van der Waals surface area contributed by atoms with E-state index in [2.05, 4.69) is 50.3 Å². The summed E-state index contributed by atoms with van der Waals surface area (Å²) in [6, 6.07) is 0. The second-order valence-corrected chi connectivity index (χ2v) is 17.8. The number of nitrogens with zero attached hydrogens (tertiary/aromatic N) is 1. The monoisotopic (exact) mass is 812 g/mol. The number of unbranched alkanes of at least 4 members (excludes halogenated alkanes) is 21. The number of ether oxygens (including phenoxy) is 2. The first-order valence-electron chi connectivity index (χ1n) is 22.7. The molecule has 0 saturated heterocycles. The first-order valence-corrected chi connectivity index (χ1v) is 24.2. The van der Waals surface area contributed by atoms with Crippen molar-refractivity contribution >= 4 is 19.8 Å². The van der Waals surface area contributed by atoms with Gasteiger partial charge in [0.1, 0.15) is 19.8 Å². The summed E-state index contributed by atoms with van der Waals surface area (Å²) in [4.78, 5) is 37.5. The topological polar surface area (TPSA) is 111 Å². The molecule has 0 N–H and O–H groups in total. The average Bonchev–Trinajstić information content (AvgIpc) is 3.15. The van der Waals surface area contributed by atoms with Gasteiger partial charge in [-0.1, -0.05) is 147 Å². The lowest BCUT2D eigenvalue weighted by atomic mass is 10.1. The number of allylic oxidation sites excluding steroid dienone is 6. The number of hydrogen-bond acceptors (Lipinski definition) is 8. The van der Waals surface area contributed by atoms with Crippen LogP contribution in [0.1, 0.15) is 194 Å². The van der Waals surface area contributed by atoms with Gasteiger partial charge in [-0.15, -0.1) is 0 Å². The highest BCUT2D eigenvalue weighted by atomic mass is 31.2. The highest BCUT2D eigenvalue weighted by Crippen LogP contribution is 2.38. The lowest BCUT2D eigenvalue weighted by Crippen LogP contribution is -2.37. The quantitative estimate of drug-likeness (QED) is 0.0197. The molecule has 0 aromatic rings. The SMILES string of the molecule is CCCCC/C=C\C/C=C\CCCCCCCCCCCC(=O)O[C@H](COC(=O)CCCCCCC/C=C\CCCCCC)COP(=O)([O-])OCC[N+](C)(C)C. The summed E-state index contributed by atoms with van der Waals surface area (Å²) < 4.78 is 33.9. The van der Waals surface area contributed by atoms with Gasteiger partial charge in [0.25, 0.3) is 7.82 Å². The van der Waals surface area contributed by atoms with E-state index in [0.717, 1.165) is 70.6 Å². The van der Waals surface area contributed by atoms with Gasteiger partial charge in [0.15, 0.2) is 6.10 Å². The number of quaternary nitrogens is 1. The van der Waals surface area contributed by atoms with E-state index >= 15 is 0 Å². The zero-order valence-corrected chi connectivity index (χ0v) is 37.7. The second-order valence-electron chi connectivity index (χ2n) is 16.4. The number of esters is 2. The molecule has 56 heavy (non-hydrogen) atoms. The largest absolute Gasteiger partial charge is 0.756 e. The van der Waals surface area contributed by atoms with Crippen LogP contribution in [0, 0.1) is 0 Å². The third-order valence-corrected chi connectivity index (χ3v) is 10.6. The standard InChI is InChI=1S/C46H86NO8P/c1-6-8-10-12-14-16-18-20-21-22-23-24-25-27-29-31-33-35-37-39-46(49)55-44(43-54-56(50,51)53-41-40-47(3,4)5)42-52-45(48)38-36-34-32-30-28-26-19-17-15-13-11-9-7-2/h14,16-17,19-21,44H,6-13,15,18,22-43H2,1-5H3/b16-14-,19-17-,21-20-/t44-/m1/s1. The molecule has 0 aromatic carbocycles. The third-order valence-electron chi connectivity index (χ3n) is 9.63. The van der Waals surface area contributed by atoms with Gasteiger partial charge in [-0.25, -0.2) is 0 Å². The lowest BCUT2D eigenvalue weighted by molar-refractivity contribution is -0.870. The zero-order chi connectivity index (χ0) is 41.4. The Hall–Kier alpha value is -1.77. The molecule has 0 aliphatic rings. The minimum absolute atomic E-state index is 0.0330. The molecule has 0 aromatic heterocycles. The van der Waals surface area contributed by atoms with Crippen LogP contribution < -0.4 is 4.89 Å². The van der Waals surface area contributed by atoms with E-state index in [-0.39, 0.29) is 26.1 Å². The molecule has 0 heterocycles. The zero-order valence-electron chi connectivity index (χ0n) is 36.8. The van der Waals surface area contributed by atoms with Crippen LogP contribution in [0.5, 0.6) is 0 Å². The van der Waals surface area contributed by atoms with Gasteiger partial charge in [0, 0.05) is 12.8 Å². The van der Waals surface area contributed by atoms with Crippen molar-refractivity contribution in [2.75, 3.05) is 47.5 Å². The number of rotatable bonds is 41. The number of carbonyl (C=O) groups is 2. The van der Waals surface area contributed by atoms with Crippen molar-refractivity contribution in [3.05, 3.63) is 36.5 Å². The van der Waals surface area contributed by atoms with Crippen LogP contribution in [-0.2, 0) is 32.7 Å². The third kappa shape index (κ3) is 41.9. The summed E-state index contributed by atoms with van der Waals surface area (Å²) in [5, 5.41) is 0. The highest BCUT2D eigenvalue weighted by molar-refractivity contribution is 7.45. The number of phosphoric acid groups is 1. The minimum atomic E-state index is -4.63. The van der Waals surface area contributed by atoms with E-state index in [0.29, 0.717) is 17.4 Å². The molecule has 0 radical (unpaired) electrons. The Morgan fingerprint density at radius 1 is 0.554 bits per heavy atom. The Labute approximate surface area is 344 Å². The summed E-state index contributed by atoms with van der Waals surface area (Å²) in [7, 11) is 1.16. The fraction of sp³-hybridized carbons (Fsp3) is 0.826. The summed E-state index contributed by atoms with van der Waals surface area (Å²) in [6.07, 6.45) is 43.1. The maximum absolute atomic E-state index is 12.7. The van der Waals surface area contributed by atoms with E-state index in [4.69, 9.17) is 18.5 Å². The van der Waals surface area contributed by atoms with Crippen molar-refractivity contribution in [3.8, 4) is 0 Å². The van der Waals surface area contributed by atoms with Crippen LogP contribution in [-0.4, -0.2) is 70.0 Å². The Kier molecular flexibility index (Phi) is 37.5. The maximum atomic E-state index is 12.7. The van der Waals surface area contributed by atoms with Crippen LogP contribution >= 0.6 is 7.82 Å². The smallest absolute Gasteiger partial charge is 0.306 e. The first kappa shape index (κ1) is 54.2. The van der Waals surface area contributed by atoms with Gasteiger partial charge in [-0.2, -0.15) is 0 Å². The summed E-state index contributed by atoms with van der Waals surface area (Å²) in [5.41, 5.74) is 0. The van der Waals surface area contributed by atoms with E-state index in [9.17, 15) is 19.0 Å². The van der Waals surface area contributed by atoms with E-state index < -0.39 is 32.5 Å². The van der Waals surface area contributed by atoms with Gasteiger partial charge >= 0.3 is 11.9 Å². The van der Waals surface area contributed by atoms with Gasteiger partial charge in [-0.3, -0.25) is 14.2 Å². The number of likely N-dealkylation sites (N-methyl/N-ethyl adjacent to an activating group) is 1. The molecule has 2 atom stereocenters. The predicted octanol–water partition coefficient (Wildman–Crippen LogP) is 12.3. The van der Waals surface area contributed by atoms with Crippen LogP contribution in [0.15, 0.2) is 36.5 Å². The van der Waals surface area contributed by atoms with Crippen molar-refractivity contribution in [3.63, 3.8) is 0 Å². The molecule has 0 aliphatic heterocycles. The summed E-state index contributed by atoms with van der Waals surface area (Å²) in [5.74, 6) is -0.848. The Morgan fingerprint density at radius 3 is 1.46 bits per heavy atom. The average molecular weight is 812 g/mol. The Morgan fingerprint density at radius 2 is 0.964 bits per heavy atom. The maximum Gasteiger partial charge on any atom is 0.306 e. The minimum Gasteiger partial charge on any atom is -0.756 e. The molecule has 0 aliphatic carbocycles. The van der Waals surface area contributed by atoms with E-state index in [1.165, 1.54) is 89.9 Å². The molecule has 0 rings (SSSR count). The van der Waals surface area contributed by atoms with Gasteiger partial charge < -0.3 is 27.9 Å². The number of carbonyl (C=O) groups excluding carboxylic acids is 2.